The van der Waals surface area contributed by atoms with Gasteiger partial charge in [-0.05, 0) is 25.1 Å². The van der Waals surface area contributed by atoms with E-state index in [4.69, 9.17) is 10.5 Å². The van der Waals surface area contributed by atoms with Crippen LogP contribution in [-0.4, -0.2) is 23.4 Å². The average Bonchev–Trinajstić information content (AvgIpc) is 2.57. The number of benzene rings is 1. The maximum absolute atomic E-state index is 12.4. The highest BCUT2D eigenvalue weighted by Crippen LogP contribution is 2.27. The summed E-state index contributed by atoms with van der Waals surface area (Å²) >= 11 is 0. The molecule has 0 bridgehead atoms. The summed E-state index contributed by atoms with van der Waals surface area (Å²) in [4.78, 5) is 27.9. The molecule has 0 aliphatic carbocycles. The van der Waals surface area contributed by atoms with Gasteiger partial charge >= 0.3 is 0 Å². The van der Waals surface area contributed by atoms with Crippen LogP contribution in [0.25, 0.3) is 0 Å². The van der Waals surface area contributed by atoms with Crippen LogP contribution in [0.3, 0.4) is 0 Å². The largest absolute Gasteiger partial charge is 0.494 e. The number of pyridine rings is 1. The van der Waals surface area contributed by atoms with Gasteiger partial charge in [0.2, 0.25) is 11.8 Å². The second-order valence-corrected chi connectivity index (χ2v) is 5.45. The molecule has 0 saturated heterocycles. The Hall–Kier alpha value is -3.09. The SMILES string of the molecule is CCOc1ccccc1C(CC(=O)Nc1ccc(N)nc1)NC(C)=O. The summed E-state index contributed by atoms with van der Waals surface area (Å²) in [6, 6.07) is 10.1. The van der Waals surface area contributed by atoms with Crippen molar-refractivity contribution in [3.05, 3.63) is 48.2 Å². The Balaban J connectivity index is 2.16. The lowest BCUT2D eigenvalue weighted by atomic mass is 10.0. The van der Waals surface area contributed by atoms with E-state index in [0.717, 1.165) is 5.56 Å². The van der Waals surface area contributed by atoms with Gasteiger partial charge in [0.25, 0.3) is 0 Å². The van der Waals surface area contributed by atoms with Crippen LogP contribution in [0.4, 0.5) is 11.5 Å². The molecule has 0 aliphatic rings. The van der Waals surface area contributed by atoms with E-state index in [1.807, 2.05) is 31.2 Å². The highest BCUT2D eigenvalue weighted by atomic mass is 16.5. The molecular weight excluding hydrogens is 320 g/mol. The fourth-order valence-electron chi connectivity index (χ4n) is 2.42. The predicted octanol–water partition coefficient (Wildman–Crippen LogP) is 2.27. The van der Waals surface area contributed by atoms with E-state index in [1.165, 1.54) is 13.1 Å². The zero-order valence-electron chi connectivity index (χ0n) is 14.3. The molecular formula is C18H22N4O3. The molecule has 2 rings (SSSR count). The van der Waals surface area contributed by atoms with Gasteiger partial charge in [-0.1, -0.05) is 18.2 Å². The molecule has 4 N–H and O–H groups in total. The van der Waals surface area contributed by atoms with Gasteiger partial charge in [0.1, 0.15) is 11.6 Å². The average molecular weight is 342 g/mol. The number of nitrogens with one attached hydrogen (secondary N) is 2. The molecule has 0 spiro atoms. The van der Waals surface area contributed by atoms with E-state index in [9.17, 15) is 9.59 Å². The number of nitrogen functional groups attached to an aromatic ring is 1. The fourth-order valence-corrected chi connectivity index (χ4v) is 2.42. The molecule has 1 atom stereocenters. The minimum absolute atomic E-state index is 0.0635. The predicted molar refractivity (Wildman–Crippen MR) is 96.1 cm³/mol. The zero-order valence-corrected chi connectivity index (χ0v) is 14.3. The van der Waals surface area contributed by atoms with E-state index < -0.39 is 6.04 Å². The van der Waals surface area contributed by atoms with Gasteiger partial charge in [-0.2, -0.15) is 0 Å². The number of para-hydroxylation sites is 1. The number of hydrogen-bond donors (Lipinski definition) is 3. The summed E-state index contributed by atoms with van der Waals surface area (Å²) in [5, 5.41) is 5.55. The van der Waals surface area contributed by atoms with Gasteiger partial charge in [0, 0.05) is 12.5 Å². The van der Waals surface area contributed by atoms with E-state index in [1.54, 1.807) is 12.1 Å². The Morgan fingerprint density at radius 1 is 1.24 bits per heavy atom. The topological polar surface area (TPSA) is 106 Å². The van der Waals surface area contributed by atoms with Crippen molar-refractivity contribution in [1.82, 2.24) is 10.3 Å². The Morgan fingerprint density at radius 3 is 2.64 bits per heavy atom. The first-order valence-electron chi connectivity index (χ1n) is 7.99. The third-order valence-electron chi connectivity index (χ3n) is 3.43. The second kappa shape index (κ2) is 8.68. The first-order valence-corrected chi connectivity index (χ1v) is 7.99. The highest BCUT2D eigenvalue weighted by Gasteiger charge is 2.20. The van der Waals surface area contributed by atoms with E-state index in [0.29, 0.717) is 23.9 Å². The molecule has 132 valence electrons. The molecule has 7 heteroatoms. The smallest absolute Gasteiger partial charge is 0.226 e. The standard InChI is InChI=1S/C18H22N4O3/c1-3-25-16-7-5-4-6-14(16)15(21-12(2)23)10-18(24)22-13-8-9-17(19)20-11-13/h4-9,11,15H,3,10H2,1-2H3,(H2,19,20)(H,21,23)(H,22,24). The number of carbonyl (C=O) groups is 2. The van der Waals surface area contributed by atoms with Crippen LogP contribution in [0.1, 0.15) is 31.9 Å². The molecule has 2 aromatic rings. The van der Waals surface area contributed by atoms with Crippen LogP contribution in [0, 0.1) is 0 Å². The van der Waals surface area contributed by atoms with Crippen LogP contribution in [-0.2, 0) is 9.59 Å². The first-order chi connectivity index (χ1) is 12.0. The summed E-state index contributed by atoms with van der Waals surface area (Å²) in [6.45, 7) is 3.79. The zero-order chi connectivity index (χ0) is 18.2. The molecule has 7 nitrogen and oxygen atoms in total. The monoisotopic (exact) mass is 342 g/mol. The molecule has 0 saturated carbocycles. The Bertz CT molecular complexity index is 731. The molecule has 1 aromatic carbocycles. The van der Waals surface area contributed by atoms with Crippen molar-refractivity contribution in [3.8, 4) is 5.75 Å². The number of nitrogens with zero attached hydrogens (tertiary/aromatic N) is 1. The van der Waals surface area contributed by atoms with E-state index in [2.05, 4.69) is 15.6 Å². The van der Waals surface area contributed by atoms with Crippen molar-refractivity contribution in [2.75, 3.05) is 17.7 Å². The maximum atomic E-state index is 12.4. The van der Waals surface area contributed by atoms with E-state index >= 15 is 0 Å². The number of aromatic nitrogens is 1. The number of rotatable bonds is 7. The second-order valence-electron chi connectivity index (χ2n) is 5.45. The quantitative estimate of drug-likeness (QED) is 0.715. The number of nitrogens with two attached hydrogens (primary N) is 1. The van der Waals surface area contributed by atoms with Crippen LogP contribution in [0.15, 0.2) is 42.6 Å². The Kier molecular flexibility index (Phi) is 6.33. The molecule has 1 aromatic heterocycles. The van der Waals surface area contributed by atoms with Crippen molar-refractivity contribution >= 4 is 23.3 Å². The lowest BCUT2D eigenvalue weighted by Gasteiger charge is -2.21. The van der Waals surface area contributed by atoms with Gasteiger partial charge in [0.15, 0.2) is 0 Å². The van der Waals surface area contributed by atoms with Crippen LogP contribution in [0.5, 0.6) is 5.75 Å². The van der Waals surface area contributed by atoms with Crippen molar-refractivity contribution in [3.63, 3.8) is 0 Å². The summed E-state index contributed by atoms with van der Waals surface area (Å²) in [5.74, 6) is 0.542. The molecule has 1 unspecified atom stereocenters. The lowest BCUT2D eigenvalue weighted by molar-refractivity contribution is -0.120. The van der Waals surface area contributed by atoms with Crippen LogP contribution in [0.2, 0.25) is 0 Å². The first kappa shape index (κ1) is 18.3. The minimum atomic E-state index is -0.498. The van der Waals surface area contributed by atoms with Gasteiger partial charge in [-0.25, -0.2) is 4.98 Å². The fraction of sp³-hybridized carbons (Fsp3) is 0.278. The van der Waals surface area contributed by atoms with Gasteiger partial charge in [0.05, 0.1) is 31.0 Å². The number of carbonyl (C=O) groups excluding carboxylic acids is 2. The van der Waals surface area contributed by atoms with Crippen molar-refractivity contribution in [1.29, 1.82) is 0 Å². The molecule has 1 heterocycles. The van der Waals surface area contributed by atoms with Crippen molar-refractivity contribution < 1.29 is 14.3 Å². The van der Waals surface area contributed by atoms with Gasteiger partial charge in [-0.3, -0.25) is 9.59 Å². The number of amides is 2. The lowest BCUT2D eigenvalue weighted by Crippen LogP contribution is -2.30. The van der Waals surface area contributed by atoms with Crippen molar-refractivity contribution in [2.24, 2.45) is 0 Å². The summed E-state index contributed by atoms with van der Waals surface area (Å²) < 4.78 is 5.61. The molecule has 0 aliphatic heterocycles. The van der Waals surface area contributed by atoms with Gasteiger partial charge in [-0.15, -0.1) is 0 Å². The van der Waals surface area contributed by atoms with E-state index in [-0.39, 0.29) is 18.2 Å². The number of anilines is 2. The third kappa shape index (κ3) is 5.49. The number of hydrogen-bond acceptors (Lipinski definition) is 5. The molecule has 0 fully saturated rings. The summed E-state index contributed by atoms with van der Waals surface area (Å²) in [5.41, 5.74) is 6.82. The summed E-state index contributed by atoms with van der Waals surface area (Å²) in [7, 11) is 0. The molecule has 25 heavy (non-hydrogen) atoms. The summed E-state index contributed by atoms with van der Waals surface area (Å²) in [6.07, 6.45) is 1.54. The van der Waals surface area contributed by atoms with Crippen LogP contribution < -0.4 is 21.1 Å². The van der Waals surface area contributed by atoms with Gasteiger partial charge < -0.3 is 21.1 Å². The Morgan fingerprint density at radius 2 is 2.00 bits per heavy atom. The maximum Gasteiger partial charge on any atom is 0.226 e. The third-order valence-corrected chi connectivity index (χ3v) is 3.43. The Labute approximate surface area is 146 Å². The molecule has 2 amide bonds. The number of ether oxygens (including phenoxy) is 1. The van der Waals surface area contributed by atoms with Crippen molar-refractivity contribution in [2.45, 2.75) is 26.3 Å². The molecule has 0 radical (unpaired) electrons. The highest BCUT2D eigenvalue weighted by molar-refractivity contribution is 5.91. The normalized spacial score (nSPS) is 11.4. The minimum Gasteiger partial charge on any atom is -0.494 e. The van der Waals surface area contributed by atoms with Crippen LogP contribution >= 0.6 is 0 Å².